The van der Waals surface area contributed by atoms with Crippen LogP contribution in [0.5, 0.6) is 0 Å². The molecule has 23 heavy (non-hydrogen) atoms. The van der Waals surface area contributed by atoms with E-state index in [0.717, 1.165) is 11.5 Å². The Morgan fingerprint density at radius 1 is 1.26 bits per heavy atom. The van der Waals surface area contributed by atoms with Crippen molar-refractivity contribution in [3.05, 3.63) is 41.5 Å². The molecule has 0 radical (unpaired) electrons. The van der Waals surface area contributed by atoms with E-state index in [4.69, 9.17) is 8.83 Å². The van der Waals surface area contributed by atoms with Crippen molar-refractivity contribution in [3.8, 4) is 0 Å². The molecule has 124 valence electrons. The van der Waals surface area contributed by atoms with Crippen molar-refractivity contribution in [1.82, 2.24) is 20.9 Å². The predicted octanol–water partition coefficient (Wildman–Crippen LogP) is 0.979. The van der Waals surface area contributed by atoms with E-state index < -0.39 is 0 Å². The van der Waals surface area contributed by atoms with Gasteiger partial charge in [0.1, 0.15) is 5.76 Å². The molecular formula is C15H21N5O3. The van der Waals surface area contributed by atoms with Gasteiger partial charge in [0.25, 0.3) is 5.91 Å². The van der Waals surface area contributed by atoms with E-state index in [1.54, 1.807) is 19.2 Å². The highest BCUT2D eigenvalue weighted by molar-refractivity contribution is 5.91. The molecule has 8 heteroatoms. The number of guanidine groups is 1. The van der Waals surface area contributed by atoms with Crippen molar-refractivity contribution in [3.63, 3.8) is 0 Å². The minimum Gasteiger partial charge on any atom is -0.459 e. The van der Waals surface area contributed by atoms with Crippen molar-refractivity contribution in [2.45, 2.75) is 20.4 Å². The minimum atomic E-state index is -0.245. The molecule has 2 aromatic rings. The molecule has 8 nitrogen and oxygen atoms in total. The summed E-state index contributed by atoms with van der Waals surface area (Å²) in [5.74, 6) is 2.07. The number of nitrogens with zero attached hydrogens (tertiary/aromatic N) is 2. The normalized spacial score (nSPS) is 11.3. The lowest BCUT2D eigenvalue weighted by molar-refractivity contribution is 0.0926. The molecule has 1 amide bonds. The lowest BCUT2D eigenvalue weighted by atomic mass is 10.4. The van der Waals surface area contributed by atoms with Gasteiger partial charge in [0, 0.05) is 20.1 Å². The van der Waals surface area contributed by atoms with Gasteiger partial charge in [0.05, 0.1) is 18.5 Å². The SMILES string of the molecule is CN=C(NCCNC(=O)c1ccco1)NCc1nc(C)c(C)o1. The number of hydrogen-bond donors (Lipinski definition) is 3. The second kappa shape index (κ2) is 8.02. The Morgan fingerprint density at radius 2 is 2.04 bits per heavy atom. The summed E-state index contributed by atoms with van der Waals surface area (Å²) in [7, 11) is 1.67. The number of furan rings is 1. The Morgan fingerprint density at radius 3 is 2.65 bits per heavy atom. The van der Waals surface area contributed by atoms with E-state index in [9.17, 15) is 4.79 Å². The van der Waals surface area contributed by atoms with Gasteiger partial charge in [-0.25, -0.2) is 4.98 Å². The molecular weight excluding hydrogens is 298 g/mol. The number of oxazole rings is 1. The molecule has 3 N–H and O–H groups in total. The van der Waals surface area contributed by atoms with Gasteiger partial charge in [-0.2, -0.15) is 0 Å². The van der Waals surface area contributed by atoms with E-state index in [1.807, 2.05) is 13.8 Å². The van der Waals surface area contributed by atoms with Crippen LogP contribution in [0.25, 0.3) is 0 Å². The van der Waals surface area contributed by atoms with Gasteiger partial charge in [-0.15, -0.1) is 0 Å². The van der Waals surface area contributed by atoms with Crippen molar-refractivity contribution in [1.29, 1.82) is 0 Å². The first-order chi connectivity index (χ1) is 11.1. The second-order valence-electron chi connectivity index (χ2n) is 4.83. The Balaban J connectivity index is 1.68. The molecule has 0 aliphatic carbocycles. The van der Waals surface area contributed by atoms with Crippen LogP contribution in [-0.2, 0) is 6.54 Å². The van der Waals surface area contributed by atoms with Gasteiger partial charge in [-0.05, 0) is 26.0 Å². The zero-order chi connectivity index (χ0) is 16.7. The molecule has 0 bridgehead atoms. The van der Waals surface area contributed by atoms with Crippen molar-refractivity contribution >= 4 is 11.9 Å². The quantitative estimate of drug-likeness (QED) is 0.416. The highest BCUT2D eigenvalue weighted by atomic mass is 16.4. The molecule has 0 saturated heterocycles. The largest absolute Gasteiger partial charge is 0.459 e. The predicted molar refractivity (Wildman–Crippen MR) is 85.2 cm³/mol. The number of nitrogens with one attached hydrogen (secondary N) is 3. The Bertz CT molecular complexity index is 641. The summed E-state index contributed by atoms with van der Waals surface area (Å²) in [4.78, 5) is 20.0. The zero-order valence-electron chi connectivity index (χ0n) is 13.5. The lowest BCUT2D eigenvalue weighted by Gasteiger charge is -2.10. The third-order valence-corrected chi connectivity index (χ3v) is 3.15. The van der Waals surface area contributed by atoms with Crippen LogP contribution in [0.2, 0.25) is 0 Å². The summed E-state index contributed by atoms with van der Waals surface area (Å²) in [5.41, 5.74) is 0.880. The van der Waals surface area contributed by atoms with E-state index in [1.165, 1.54) is 6.26 Å². The smallest absolute Gasteiger partial charge is 0.287 e. The summed E-state index contributed by atoms with van der Waals surface area (Å²) in [5, 5.41) is 8.92. The highest BCUT2D eigenvalue weighted by Gasteiger charge is 2.08. The molecule has 0 atom stereocenters. The fourth-order valence-corrected chi connectivity index (χ4v) is 1.85. The molecule has 0 fully saturated rings. The van der Waals surface area contributed by atoms with Crippen molar-refractivity contribution in [2.75, 3.05) is 20.1 Å². The van der Waals surface area contributed by atoms with Crippen LogP contribution in [0.15, 0.2) is 32.2 Å². The molecule has 0 unspecified atom stereocenters. The molecule has 0 aliphatic rings. The Labute approximate surface area is 134 Å². The highest BCUT2D eigenvalue weighted by Crippen LogP contribution is 2.07. The van der Waals surface area contributed by atoms with Crippen LogP contribution >= 0.6 is 0 Å². The monoisotopic (exact) mass is 319 g/mol. The number of hydrogen-bond acceptors (Lipinski definition) is 5. The molecule has 0 aliphatic heterocycles. The number of carbonyl (C=O) groups is 1. The molecule has 2 rings (SSSR count). The summed E-state index contributed by atoms with van der Waals surface area (Å²) >= 11 is 0. The van der Waals surface area contributed by atoms with Gasteiger partial charge in [-0.1, -0.05) is 0 Å². The topological polar surface area (TPSA) is 105 Å². The molecule has 2 aromatic heterocycles. The summed E-state index contributed by atoms with van der Waals surface area (Å²) in [6.45, 7) is 5.18. The van der Waals surface area contributed by atoms with Crippen molar-refractivity contribution in [2.24, 2.45) is 4.99 Å². The van der Waals surface area contributed by atoms with Crippen LogP contribution in [0, 0.1) is 13.8 Å². The summed E-state index contributed by atoms with van der Waals surface area (Å²) < 4.78 is 10.5. The van der Waals surface area contributed by atoms with Gasteiger partial charge >= 0.3 is 0 Å². The molecule has 0 spiro atoms. The number of carbonyl (C=O) groups excluding carboxylic acids is 1. The third-order valence-electron chi connectivity index (χ3n) is 3.15. The maximum Gasteiger partial charge on any atom is 0.287 e. The fourth-order valence-electron chi connectivity index (χ4n) is 1.85. The molecule has 0 saturated carbocycles. The van der Waals surface area contributed by atoms with Gasteiger partial charge < -0.3 is 24.8 Å². The first-order valence-corrected chi connectivity index (χ1v) is 7.29. The number of rotatable bonds is 6. The Hall–Kier alpha value is -2.77. The number of aromatic nitrogens is 1. The van der Waals surface area contributed by atoms with E-state index >= 15 is 0 Å². The van der Waals surface area contributed by atoms with Crippen LogP contribution in [0.3, 0.4) is 0 Å². The summed E-state index contributed by atoms with van der Waals surface area (Å²) in [6.07, 6.45) is 1.46. The van der Waals surface area contributed by atoms with Gasteiger partial charge in [-0.3, -0.25) is 9.79 Å². The number of amides is 1. The minimum absolute atomic E-state index is 0.245. The van der Waals surface area contributed by atoms with Crippen LogP contribution < -0.4 is 16.0 Å². The average molecular weight is 319 g/mol. The van der Waals surface area contributed by atoms with Gasteiger partial charge in [0.2, 0.25) is 5.89 Å². The Kier molecular flexibility index (Phi) is 5.79. The van der Waals surface area contributed by atoms with Gasteiger partial charge in [0.15, 0.2) is 11.7 Å². The first kappa shape index (κ1) is 16.6. The summed E-state index contributed by atoms with van der Waals surface area (Å²) in [6, 6.07) is 3.29. The van der Waals surface area contributed by atoms with Crippen LogP contribution in [-0.4, -0.2) is 37.0 Å². The zero-order valence-corrected chi connectivity index (χ0v) is 13.5. The van der Waals surface area contributed by atoms with E-state index in [0.29, 0.717) is 37.2 Å². The van der Waals surface area contributed by atoms with Crippen LogP contribution in [0.1, 0.15) is 27.9 Å². The maximum atomic E-state index is 11.7. The first-order valence-electron chi connectivity index (χ1n) is 7.29. The molecule has 2 heterocycles. The lowest BCUT2D eigenvalue weighted by Crippen LogP contribution is -2.41. The standard InChI is InChI=1S/C15H21N5O3/c1-10-11(2)23-13(20-10)9-19-15(16-3)18-7-6-17-14(21)12-5-4-8-22-12/h4-5,8H,6-7,9H2,1-3H3,(H,17,21)(H2,16,18,19). The second-order valence-corrected chi connectivity index (χ2v) is 4.83. The third kappa shape index (κ3) is 4.87. The molecule has 0 aromatic carbocycles. The number of aliphatic imine (C=N–C) groups is 1. The van der Waals surface area contributed by atoms with E-state index in [2.05, 4.69) is 25.9 Å². The average Bonchev–Trinajstić information content (AvgIpc) is 3.17. The maximum absolute atomic E-state index is 11.7. The van der Waals surface area contributed by atoms with E-state index in [-0.39, 0.29) is 5.91 Å². The van der Waals surface area contributed by atoms with Crippen LogP contribution in [0.4, 0.5) is 0 Å². The van der Waals surface area contributed by atoms with Crippen molar-refractivity contribution < 1.29 is 13.6 Å². The fraction of sp³-hybridized carbons (Fsp3) is 0.400. The number of aryl methyl sites for hydroxylation is 2.